The maximum absolute atomic E-state index is 11.9. The summed E-state index contributed by atoms with van der Waals surface area (Å²) in [5.74, 6) is -0.209. The minimum Gasteiger partial charge on any atom is -0.415 e. The molecule has 0 aromatic heterocycles. The molecule has 1 aromatic rings. The monoisotopic (exact) mass is 246 g/mol. The van der Waals surface area contributed by atoms with Crippen LogP contribution >= 0.6 is 19.2 Å². The molecule has 0 radical (unpaired) electrons. The Kier molecular flexibility index (Phi) is 2.72. The van der Waals surface area contributed by atoms with Crippen LogP contribution in [0.15, 0.2) is 24.3 Å². The number of hydrogen-bond donors (Lipinski definition) is 0. The van der Waals surface area contributed by atoms with Crippen molar-refractivity contribution in [3.8, 4) is 5.75 Å². The molecule has 15 heavy (non-hydrogen) atoms. The Morgan fingerprint density at radius 3 is 2.73 bits per heavy atom. The summed E-state index contributed by atoms with van der Waals surface area (Å²) in [4.78, 5) is 11.5. The van der Waals surface area contributed by atoms with Gasteiger partial charge in [-0.05, 0) is 12.1 Å². The summed E-state index contributed by atoms with van der Waals surface area (Å²) >= 11 is 5.46. The van der Waals surface area contributed by atoms with E-state index in [-0.39, 0.29) is 12.0 Å². The van der Waals surface area contributed by atoms with Gasteiger partial charge in [0.15, 0.2) is 0 Å². The molecule has 1 aromatic carbocycles. The minimum absolute atomic E-state index is 0.0225. The zero-order chi connectivity index (χ0) is 10.9. The smallest absolute Gasteiger partial charge is 0.415 e. The van der Waals surface area contributed by atoms with Gasteiger partial charge in [0.05, 0.1) is 6.16 Å². The number of hydrogen-bond acceptors (Lipinski definition) is 4. The van der Waals surface area contributed by atoms with Crippen LogP contribution in [0.5, 0.6) is 5.75 Å². The molecule has 0 N–H and O–H groups in total. The highest BCUT2D eigenvalue weighted by Gasteiger charge is 2.36. The summed E-state index contributed by atoms with van der Waals surface area (Å²) in [5, 5.41) is 0. The van der Waals surface area contributed by atoms with Crippen molar-refractivity contribution in [3.05, 3.63) is 29.8 Å². The van der Waals surface area contributed by atoms with Gasteiger partial charge in [0.1, 0.15) is 11.3 Å². The number of rotatable bonds is 2. The first-order chi connectivity index (χ1) is 7.14. The predicted molar refractivity (Wildman–Crippen MR) is 55.7 cm³/mol. The summed E-state index contributed by atoms with van der Waals surface area (Å²) in [5.41, 5.74) is 0.290. The molecule has 1 unspecified atom stereocenters. The third-order valence-corrected chi connectivity index (χ3v) is 4.07. The Morgan fingerprint density at radius 1 is 1.27 bits per heavy atom. The Balaban J connectivity index is 2.38. The first-order valence-corrected chi connectivity index (χ1v) is 6.58. The molecule has 6 heteroatoms. The van der Waals surface area contributed by atoms with E-state index in [9.17, 15) is 9.36 Å². The molecule has 0 saturated heterocycles. The van der Waals surface area contributed by atoms with Crippen LogP contribution in [0.2, 0.25) is 0 Å². The molecule has 0 aliphatic carbocycles. The van der Waals surface area contributed by atoms with Crippen molar-refractivity contribution in [1.29, 1.82) is 0 Å². The first kappa shape index (κ1) is 10.5. The van der Waals surface area contributed by atoms with Gasteiger partial charge in [-0.1, -0.05) is 12.1 Å². The van der Waals surface area contributed by atoms with Gasteiger partial charge in [-0.3, -0.25) is 0 Å². The maximum atomic E-state index is 11.9. The number of carbonyl (C=O) groups excluding carboxylic acids is 1. The standard InChI is InChI=1S/C9H8ClO4P/c10-5-6-15(12)13-8-4-2-1-3-7(8)9(11)14-15/h1-4H,5-6H2. The average Bonchev–Trinajstić information content (AvgIpc) is 2.17. The third kappa shape index (κ3) is 2.01. The van der Waals surface area contributed by atoms with E-state index in [1.165, 1.54) is 0 Å². The Labute approximate surface area is 91.7 Å². The topological polar surface area (TPSA) is 52.6 Å². The average molecular weight is 247 g/mol. The lowest BCUT2D eigenvalue weighted by Crippen LogP contribution is -2.16. The van der Waals surface area contributed by atoms with Crippen molar-refractivity contribution < 1.29 is 18.4 Å². The first-order valence-electron chi connectivity index (χ1n) is 4.32. The molecule has 1 heterocycles. The lowest BCUT2D eigenvalue weighted by Gasteiger charge is -2.24. The van der Waals surface area contributed by atoms with Gasteiger partial charge in [-0.25, -0.2) is 9.36 Å². The number of carbonyl (C=O) groups is 1. The van der Waals surface area contributed by atoms with Gasteiger partial charge < -0.3 is 9.05 Å². The molecular weight excluding hydrogens is 239 g/mol. The van der Waals surface area contributed by atoms with E-state index in [1.54, 1.807) is 24.3 Å². The molecule has 1 aliphatic heterocycles. The van der Waals surface area contributed by atoms with E-state index >= 15 is 0 Å². The number of benzene rings is 1. The van der Waals surface area contributed by atoms with Crippen LogP contribution in [0.1, 0.15) is 10.4 Å². The van der Waals surface area contributed by atoms with Crippen LogP contribution in [0, 0.1) is 0 Å². The van der Waals surface area contributed by atoms with Crippen molar-refractivity contribution in [3.63, 3.8) is 0 Å². The summed E-state index contributed by atoms with van der Waals surface area (Å²) in [7, 11) is -3.38. The summed E-state index contributed by atoms with van der Waals surface area (Å²) in [6, 6.07) is 6.52. The summed E-state index contributed by atoms with van der Waals surface area (Å²) < 4.78 is 21.8. The van der Waals surface area contributed by atoms with Gasteiger partial charge in [0.2, 0.25) is 0 Å². The highest BCUT2D eigenvalue weighted by atomic mass is 35.5. The van der Waals surface area contributed by atoms with Crippen LogP contribution in [0.4, 0.5) is 0 Å². The second kappa shape index (κ2) is 3.87. The van der Waals surface area contributed by atoms with Crippen LogP contribution < -0.4 is 4.52 Å². The molecule has 0 fully saturated rings. The van der Waals surface area contributed by atoms with Crippen molar-refractivity contribution in [2.45, 2.75) is 0 Å². The van der Waals surface area contributed by atoms with Gasteiger partial charge in [0, 0.05) is 5.88 Å². The lowest BCUT2D eigenvalue weighted by molar-refractivity contribution is 0.0697. The van der Waals surface area contributed by atoms with Gasteiger partial charge in [-0.15, -0.1) is 11.6 Å². The predicted octanol–water partition coefficient (Wildman–Crippen LogP) is 2.67. The van der Waals surface area contributed by atoms with E-state index in [0.717, 1.165) is 0 Å². The summed E-state index contributed by atoms with van der Waals surface area (Å²) in [6.45, 7) is 0. The van der Waals surface area contributed by atoms with E-state index < -0.39 is 13.6 Å². The maximum Gasteiger partial charge on any atom is 0.434 e. The normalized spacial score (nSPS) is 23.9. The highest BCUT2D eigenvalue weighted by Crippen LogP contribution is 2.53. The molecular formula is C9H8ClO4P. The molecule has 0 bridgehead atoms. The molecule has 1 aliphatic rings. The van der Waals surface area contributed by atoms with Crippen LogP contribution in [-0.4, -0.2) is 18.0 Å². The Morgan fingerprint density at radius 2 is 2.00 bits per heavy atom. The van der Waals surface area contributed by atoms with Gasteiger partial charge in [-0.2, -0.15) is 0 Å². The fourth-order valence-electron chi connectivity index (χ4n) is 1.25. The quantitative estimate of drug-likeness (QED) is 0.595. The lowest BCUT2D eigenvalue weighted by atomic mass is 10.2. The van der Waals surface area contributed by atoms with E-state index in [0.29, 0.717) is 11.3 Å². The number of fused-ring (bicyclic) bond motifs is 1. The van der Waals surface area contributed by atoms with Crippen molar-refractivity contribution in [2.75, 3.05) is 12.0 Å². The molecule has 0 amide bonds. The minimum atomic E-state index is -3.38. The fraction of sp³-hybridized carbons (Fsp3) is 0.222. The van der Waals surface area contributed by atoms with Crippen LogP contribution in [0.3, 0.4) is 0 Å². The summed E-state index contributed by atoms with van der Waals surface area (Å²) in [6.07, 6.45) is 0.0225. The third-order valence-electron chi connectivity index (χ3n) is 1.92. The Hall–Kier alpha value is -0.990. The number of alkyl halides is 1. The second-order valence-electron chi connectivity index (χ2n) is 2.99. The molecule has 2 rings (SSSR count). The van der Waals surface area contributed by atoms with Gasteiger partial charge in [0.25, 0.3) is 0 Å². The molecule has 1 atom stereocenters. The van der Waals surface area contributed by atoms with Crippen LogP contribution in [0.25, 0.3) is 0 Å². The number of halogens is 1. The van der Waals surface area contributed by atoms with E-state index in [2.05, 4.69) is 0 Å². The molecule has 0 saturated carbocycles. The largest absolute Gasteiger partial charge is 0.434 e. The Bertz CT molecular complexity index is 445. The van der Waals surface area contributed by atoms with Gasteiger partial charge >= 0.3 is 13.6 Å². The zero-order valence-corrected chi connectivity index (χ0v) is 9.33. The molecule has 4 nitrogen and oxygen atoms in total. The highest BCUT2D eigenvalue weighted by molar-refractivity contribution is 7.55. The SMILES string of the molecule is O=C1OP(=O)(CCCl)Oc2ccccc21. The zero-order valence-electron chi connectivity index (χ0n) is 7.68. The molecule has 80 valence electrons. The van der Waals surface area contributed by atoms with Crippen LogP contribution in [-0.2, 0) is 9.09 Å². The van der Waals surface area contributed by atoms with E-state index in [4.69, 9.17) is 20.6 Å². The van der Waals surface area contributed by atoms with Crippen molar-refractivity contribution in [1.82, 2.24) is 0 Å². The fourth-order valence-corrected chi connectivity index (χ4v) is 3.11. The van der Waals surface area contributed by atoms with E-state index in [1.807, 2.05) is 0 Å². The molecule has 0 spiro atoms. The second-order valence-corrected chi connectivity index (χ2v) is 5.40. The van der Waals surface area contributed by atoms with Crippen molar-refractivity contribution >= 4 is 25.2 Å². The van der Waals surface area contributed by atoms with Crippen molar-refractivity contribution in [2.24, 2.45) is 0 Å². The number of para-hydroxylation sites is 1.